The lowest BCUT2D eigenvalue weighted by molar-refractivity contribution is 0.0649. The third-order valence-electron chi connectivity index (χ3n) is 4.96. The molecular weight excluding hydrogens is 344 g/mol. The minimum absolute atomic E-state index is 0.0301. The number of anilines is 1. The van der Waals surface area contributed by atoms with Gasteiger partial charge >= 0.3 is 0 Å². The first-order chi connectivity index (χ1) is 12.7. The second-order valence-corrected chi connectivity index (χ2v) is 7.49. The first kappa shape index (κ1) is 17.0. The summed E-state index contributed by atoms with van der Waals surface area (Å²) in [6.07, 6.45) is 0. The van der Waals surface area contributed by atoms with E-state index in [1.54, 1.807) is 0 Å². The minimum Gasteiger partial charge on any atom is -0.397 e. The lowest BCUT2D eigenvalue weighted by Crippen LogP contribution is -2.48. The van der Waals surface area contributed by atoms with E-state index in [1.807, 2.05) is 47.4 Å². The molecule has 0 bridgehead atoms. The van der Waals surface area contributed by atoms with Gasteiger partial charge in [0.1, 0.15) is 9.71 Å². The normalized spacial score (nSPS) is 15.5. The molecular formula is C20H22N4OS. The first-order valence-electron chi connectivity index (χ1n) is 8.93. The van der Waals surface area contributed by atoms with Crippen molar-refractivity contribution in [3.8, 4) is 11.3 Å². The van der Waals surface area contributed by atoms with Gasteiger partial charge in [-0.2, -0.15) is 0 Å². The van der Waals surface area contributed by atoms with Crippen molar-refractivity contribution < 1.29 is 4.79 Å². The van der Waals surface area contributed by atoms with Gasteiger partial charge in [0.2, 0.25) is 0 Å². The zero-order chi connectivity index (χ0) is 18.1. The molecule has 0 atom stereocenters. The lowest BCUT2D eigenvalue weighted by Gasteiger charge is -2.33. The highest BCUT2D eigenvalue weighted by atomic mass is 32.1. The summed E-state index contributed by atoms with van der Waals surface area (Å²) in [6, 6.07) is 14.0. The maximum Gasteiger partial charge on any atom is 0.266 e. The van der Waals surface area contributed by atoms with Gasteiger partial charge in [-0.3, -0.25) is 4.79 Å². The zero-order valence-corrected chi connectivity index (χ0v) is 15.6. The van der Waals surface area contributed by atoms with Gasteiger partial charge in [0.15, 0.2) is 0 Å². The number of fused-ring (bicyclic) bond motifs is 1. The highest BCUT2D eigenvalue weighted by molar-refractivity contribution is 7.21. The van der Waals surface area contributed by atoms with Crippen molar-refractivity contribution >= 4 is 33.1 Å². The van der Waals surface area contributed by atoms with Crippen molar-refractivity contribution in [1.82, 2.24) is 14.8 Å². The number of piperazine rings is 1. The van der Waals surface area contributed by atoms with E-state index >= 15 is 0 Å². The third-order valence-corrected chi connectivity index (χ3v) is 6.07. The molecule has 1 fully saturated rings. The standard InChI is InChI=1S/C20H22N4OS/c1-2-23-10-12-24(13-11-23)20(25)18-17(21)15-8-9-16(22-19(15)26-18)14-6-4-3-5-7-14/h3-9H,2,10-13,21H2,1H3. The number of nitrogens with zero attached hydrogens (tertiary/aromatic N) is 3. The molecule has 1 aliphatic heterocycles. The van der Waals surface area contributed by atoms with Gasteiger partial charge in [-0.05, 0) is 18.7 Å². The second-order valence-electron chi connectivity index (χ2n) is 6.49. The smallest absolute Gasteiger partial charge is 0.266 e. The summed E-state index contributed by atoms with van der Waals surface area (Å²) in [6.45, 7) is 6.52. The number of carbonyl (C=O) groups excluding carboxylic acids is 1. The number of carbonyl (C=O) groups is 1. The van der Waals surface area contributed by atoms with Crippen LogP contribution in [0.3, 0.4) is 0 Å². The van der Waals surface area contributed by atoms with E-state index in [0.717, 1.165) is 54.2 Å². The van der Waals surface area contributed by atoms with Crippen molar-refractivity contribution in [2.75, 3.05) is 38.5 Å². The van der Waals surface area contributed by atoms with Crippen LogP contribution in [0.15, 0.2) is 42.5 Å². The molecule has 1 saturated heterocycles. The second kappa shape index (κ2) is 7.05. The predicted molar refractivity (Wildman–Crippen MR) is 107 cm³/mol. The Kier molecular flexibility index (Phi) is 4.61. The average Bonchev–Trinajstić information content (AvgIpc) is 3.04. The fraction of sp³-hybridized carbons (Fsp3) is 0.300. The molecule has 3 heterocycles. The van der Waals surface area contributed by atoms with Crippen LogP contribution in [0.2, 0.25) is 0 Å². The summed E-state index contributed by atoms with van der Waals surface area (Å²) in [7, 11) is 0. The van der Waals surface area contributed by atoms with Gasteiger partial charge in [0, 0.05) is 37.1 Å². The van der Waals surface area contributed by atoms with Crippen LogP contribution < -0.4 is 5.73 Å². The van der Waals surface area contributed by atoms with E-state index in [-0.39, 0.29) is 5.91 Å². The summed E-state index contributed by atoms with van der Waals surface area (Å²) in [4.78, 5) is 23.4. The first-order valence-corrected chi connectivity index (χ1v) is 9.75. The molecule has 5 nitrogen and oxygen atoms in total. The number of hydrogen-bond acceptors (Lipinski definition) is 5. The molecule has 0 aliphatic carbocycles. The van der Waals surface area contributed by atoms with Crippen LogP contribution in [0, 0.1) is 0 Å². The number of amides is 1. The SMILES string of the molecule is CCN1CCN(C(=O)c2sc3nc(-c4ccccc4)ccc3c2N)CC1. The Bertz CT molecular complexity index is 930. The van der Waals surface area contributed by atoms with Gasteiger partial charge in [0.05, 0.1) is 11.4 Å². The van der Waals surface area contributed by atoms with E-state index in [0.29, 0.717) is 10.6 Å². The summed E-state index contributed by atoms with van der Waals surface area (Å²) in [5.74, 6) is 0.0301. The molecule has 6 heteroatoms. The Balaban J connectivity index is 1.64. The van der Waals surface area contributed by atoms with E-state index in [1.165, 1.54) is 11.3 Å². The Morgan fingerprint density at radius 3 is 2.54 bits per heavy atom. The Morgan fingerprint density at radius 1 is 1.12 bits per heavy atom. The van der Waals surface area contributed by atoms with Crippen molar-refractivity contribution in [3.05, 3.63) is 47.3 Å². The monoisotopic (exact) mass is 366 g/mol. The number of nitrogen functional groups attached to an aromatic ring is 1. The van der Waals surface area contributed by atoms with E-state index in [2.05, 4.69) is 11.8 Å². The van der Waals surface area contributed by atoms with E-state index in [4.69, 9.17) is 10.7 Å². The van der Waals surface area contributed by atoms with Gasteiger partial charge < -0.3 is 15.5 Å². The lowest BCUT2D eigenvalue weighted by atomic mass is 10.1. The highest BCUT2D eigenvalue weighted by Gasteiger charge is 2.25. The third kappa shape index (κ3) is 3.06. The molecule has 0 saturated carbocycles. The van der Waals surface area contributed by atoms with Crippen molar-refractivity contribution in [2.24, 2.45) is 0 Å². The quantitative estimate of drug-likeness (QED) is 0.772. The van der Waals surface area contributed by atoms with E-state index < -0.39 is 0 Å². The summed E-state index contributed by atoms with van der Waals surface area (Å²) in [5, 5.41) is 0.866. The fourth-order valence-corrected chi connectivity index (χ4v) is 4.40. The number of aromatic nitrogens is 1. The molecule has 2 aromatic heterocycles. The van der Waals surface area contributed by atoms with Crippen LogP contribution in [0.25, 0.3) is 21.5 Å². The Morgan fingerprint density at radius 2 is 1.85 bits per heavy atom. The highest BCUT2D eigenvalue weighted by Crippen LogP contribution is 2.35. The minimum atomic E-state index is 0.0301. The van der Waals surface area contributed by atoms with Crippen molar-refractivity contribution in [2.45, 2.75) is 6.92 Å². The van der Waals surface area contributed by atoms with Crippen LogP contribution in [-0.2, 0) is 0 Å². The van der Waals surface area contributed by atoms with Crippen LogP contribution in [0.4, 0.5) is 5.69 Å². The van der Waals surface area contributed by atoms with Crippen molar-refractivity contribution in [1.29, 1.82) is 0 Å². The number of rotatable bonds is 3. The number of benzene rings is 1. The zero-order valence-electron chi connectivity index (χ0n) is 14.8. The number of pyridine rings is 1. The molecule has 3 aromatic rings. The fourth-order valence-electron chi connectivity index (χ4n) is 3.34. The number of likely N-dealkylation sites (N-methyl/N-ethyl adjacent to an activating group) is 1. The number of hydrogen-bond donors (Lipinski definition) is 1. The number of thiophene rings is 1. The van der Waals surface area contributed by atoms with Gasteiger partial charge in [0.25, 0.3) is 5.91 Å². The summed E-state index contributed by atoms with van der Waals surface area (Å²) >= 11 is 1.40. The molecule has 2 N–H and O–H groups in total. The maximum atomic E-state index is 13.0. The predicted octanol–water partition coefficient (Wildman–Crippen LogP) is 3.32. The van der Waals surface area contributed by atoms with Crippen LogP contribution in [-0.4, -0.2) is 53.4 Å². The van der Waals surface area contributed by atoms with Gasteiger partial charge in [-0.15, -0.1) is 11.3 Å². The molecule has 1 aliphatic rings. The molecule has 4 rings (SSSR count). The summed E-state index contributed by atoms with van der Waals surface area (Å²) < 4.78 is 0. The van der Waals surface area contributed by atoms with Crippen molar-refractivity contribution in [3.63, 3.8) is 0 Å². The molecule has 1 aromatic carbocycles. The Labute approximate surface area is 157 Å². The van der Waals surface area contributed by atoms with Crippen LogP contribution in [0.5, 0.6) is 0 Å². The summed E-state index contributed by atoms with van der Waals surface area (Å²) in [5.41, 5.74) is 8.82. The molecule has 0 radical (unpaired) electrons. The topological polar surface area (TPSA) is 62.5 Å². The van der Waals surface area contributed by atoms with Crippen LogP contribution in [0.1, 0.15) is 16.6 Å². The van der Waals surface area contributed by atoms with E-state index in [9.17, 15) is 4.79 Å². The molecule has 0 spiro atoms. The molecule has 134 valence electrons. The molecule has 0 unspecified atom stereocenters. The maximum absolute atomic E-state index is 13.0. The van der Waals surface area contributed by atoms with Crippen LogP contribution >= 0.6 is 11.3 Å². The average molecular weight is 366 g/mol. The van der Waals surface area contributed by atoms with Gasteiger partial charge in [-0.25, -0.2) is 4.98 Å². The molecule has 26 heavy (non-hydrogen) atoms. The Hall–Kier alpha value is -2.44. The molecule has 1 amide bonds. The van der Waals surface area contributed by atoms with Gasteiger partial charge in [-0.1, -0.05) is 37.3 Å². The number of nitrogens with two attached hydrogens (primary N) is 1. The largest absolute Gasteiger partial charge is 0.397 e.